The predicted molar refractivity (Wildman–Crippen MR) is 142 cm³/mol. The largest absolute Gasteiger partial charge is 0.490 e. The second kappa shape index (κ2) is 14.2. The van der Waals surface area contributed by atoms with Crippen molar-refractivity contribution in [1.29, 1.82) is 0 Å². The highest BCUT2D eigenvalue weighted by Gasteiger charge is 2.38. The highest BCUT2D eigenvalue weighted by atomic mass is 32.2. The molecule has 2 N–H and O–H groups in total. The number of benzene rings is 1. The number of nitrogens with one attached hydrogen (secondary N) is 1. The van der Waals surface area contributed by atoms with Gasteiger partial charge in [-0.05, 0) is 29.9 Å². The van der Waals surface area contributed by atoms with Crippen LogP contribution in [-0.2, 0) is 21.4 Å². The van der Waals surface area contributed by atoms with Crippen LogP contribution < -0.4 is 5.32 Å². The number of piperazine rings is 1. The van der Waals surface area contributed by atoms with Gasteiger partial charge in [-0.3, -0.25) is 9.69 Å². The minimum absolute atomic E-state index is 0.0195. The standard InChI is InChI=1S/C23H32N4O3S2.C2HF3O2/c28-23(22-7-4-17-31-22)27(16-18-32(29,30)26-14-10-24-11-15-26)21-8-12-25(13-9-21)19-20-5-2-1-3-6-20;3-2(4,5)1(6)7/h1-7,17,21,24H,8-16,18-19H2;(H,6,7). The van der Waals surface area contributed by atoms with Crippen LogP contribution >= 0.6 is 11.3 Å². The minimum Gasteiger partial charge on any atom is -0.475 e. The van der Waals surface area contributed by atoms with E-state index < -0.39 is 22.2 Å². The van der Waals surface area contributed by atoms with Gasteiger partial charge in [-0.1, -0.05) is 36.4 Å². The molecule has 14 heteroatoms. The molecule has 2 aromatic rings. The smallest absolute Gasteiger partial charge is 0.475 e. The van der Waals surface area contributed by atoms with Gasteiger partial charge in [0.25, 0.3) is 5.91 Å². The topological polar surface area (TPSA) is 110 Å². The Morgan fingerprint density at radius 3 is 2.18 bits per heavy atom. The summed E-state index contributed by atoms with van der Waals surface area (Å²) >= 11 is 1.42. The second-order valence-electron chi connectivity index (χ2n) is 9.24. The van der Waals surface area contributed by atoms with Gasteiger partial charge in [-0.25, -0.2) is 13.2 Å². The summed E-state index contributed by atoms with van der Waals surface area (Å²) in [5.41, 5.74) is 1.29. The van der Waals surface area contributed by atoms with Crippen molar-refractivity contribution >= 4 is 33.2 Å². The zero-order valence-electron chi connectivity index (χ0n) is 21.3. The fourth-order valence-electron chi connectivity index (χ4n) is 4.49. The SMILES string of the molecule is O=C(O)C(F)(F)F.O=C(c1cccs1)N(CCS(=O)(=O)N1CCNCC1)C1CCN(Cc2ccccc2)CC1. The quantitative estimate of drug-likeness (QED) is 0.487. The van der Waals surface area contributed by atoms with Crippen LogP contribution in [0.1, 0.15) is 28.1 Å². The van der Waals surface area contributed by atoms with Crippen molar-refractivity contribution in [1.82, 2.24) is 19.4 Å². The highest BCUT2D eigenvalue weighted by Crippen LogP contribution is 2.23. The first kappa shape index (κ1) is 31.0. The molecule has 9 nitrogen and oxygen atoms in total. The van der Waals surface area contributed by atoms with Gasteiger partial charge in [-0.2, -0.15) is 17.5 Å². The van der Waals surface area contributed by atoms with E-state index >= 15 is 0 Å². The fourth-order valence-corrected chi connectivity index (χ4v) is 6.59. The Labute approximate surface area is 230 Å². The number of carbonyl (C=O) groups excluding carboxylic acids is 1. The third-order valence-electron chi connectivity index (χ3n) is 6.54. The summed E-state index contributed by atoms with van der Waals surface area (Å²) in [5.74, 6) is -2.82. The number of rotatable bonds is 8. The molecule has 0 radical (unpaired) electrons. The average Bonchev–Trinajstić information content (AvgIpc) is 3.46. The number of hydrogen-bond acceptors (Lipinski definition) is 7. The van der Waals surface area contributed by atoms with Crippen molar-refractivity contribution in [3.63, 3.8) is 0 Å². The predicted octanol–water partition coefficient (Wildman–Crippen LogP) is 2.72. The third-order valence-corrected chi connectivity index (χ3v) is 9.25. The van der Waals surface area contributed by atoms with Crippen LogP contribution in [0, 0.1) is 0 Å². The molecular weight excluding hydrogens is 557 g/mol. The van der Waals surface area contributed by atoms with Gasteiger partial charge >= 0.3 is 12.1 Å². The molecule has 0 saturated carbocycles. The van der Waals surface area contributed by atoms with Crippen molar-refractivity contribution in [2.24, 2.45) is 0 Å². The van der Waals surface area contributed by atoms with Crippen LogP contribution in [0.25, 0.3) is 0 Å². The lowest BCUT2D eigenvalue weighted by molar-refractivity contribution is -0.192. The number of hydrogen-bond donors (Lipinski definition) is 2. The second-order valence-corrected chi connectivity index (χ2v) is 12.3. The van der Waals surface area contributed by atoms with Crippen molar-refractivity contribution in [3.05, 3.63) is 58.3 Å². The number of aliphatic carboxylic acids is 1. The molecule has 0 unspecified atom stereocenters. The molecule has 2 aliphatic heterocycles. The van der Waals surface area contributed by atoms with E-state index in [1.54, 1.807) is 4.31 Å². The van der Waals surface area contributed by atoms with Crippen LogP contribution in [0.3, 0.4) is 0 Å². The van der Waals surface area contributed by atoms with E-state index in [2.05, 4.69) is 34.5 Å². The lowest BCUT2D eigenvalue weighted by Gasteiger charge is -2.39. The number of amides is 1. The number of alkyl halides is 3. The van der Waals surface area contributed by atoms with Gasteiger partial charge in [0.05, 0.1) is 10.6 Å². The van der Waals surface area contributed by atoms with Crippen LogP contribution in [0.2, 0.25) is 0 Å². The highest BCUT2D eigenvalue weighted by molar-refractivity contribution is 7.89. The maximum Gasteiger partial charge on any atom is 0.490 e. The van der Waals surface area contributed by atoms with E-state index in [0.29, 0.717) is 31.1 Å². The maximum absolute atomic E-state index is 13.3. The van der Waals surface area contributed by atoms with E-state index in [1.165, 1.54) is 16.9 Å². The monoisotopic (exact) mass is 590 g/mol. The lowest BCUT2D eigenvalue weighted by atomic mass is 10.0. The summed E-state index contributed by atoms with van der Waals surface area (Å²) < 4.78 is 59.1. The number of piperidine rings is 1. The van der Waals surface area contributed by atoms with Gasteiger partial charge < -0.3 is 15.3 Å². The van der Waals surface area contributed by atoms with Crippen LogP contribution in [0.5, 0.6) is 0 Å². The number of carboxylic acid groups (broad SMARTS) is 1. The number of likely N-dealkylation sites (tertiary alicyclic amines) is 1. The van der Waals surface area contributed by atoms with E-state index in [0.717, 1.165) is 32.5 Å². The number of carbonyl (C=O) groups is 2. The first-order chi connectivity index (χ1) is 18.5. The summed E-state index contributed by atoms with van der Waals surface area (Å²) in [6.07, 6.45) is -3.37. The summed E-state index contributed by atoms with van der Waals surface area (Å²) in [7, 11) is -3.38. The number of sulfonamides is 1. The zero-order chi connectivity index (χ0) is 28.5. The molecule has 0 spiro atoms. The Morgan fingerprint density at radius 2 is 1.64 bits per heavy atom. The summed E-state index contributed by atoms with van der Waals surface area (Å²) in [6, 6.07) is 14.2. The van der Waals surface area contributed by atoms with Crippen molar-refractivity contribution in [2.75, 3.05) is 51.6 Å². The molecule has 1 amide bonds. The van der Waals surface area contributed by atoms with Crippen LogP contribution in [0.15, 0.2) is 47.8 Å². The fraction of sp³-hybridized carbons (Fsp3) is 0.520. The van der Waals surface area contributed by atoms with Crippen LogP contribution in [0.4, 0.5) is 13.2 Å². The maximum atomic E-state index is 13.3. The molecule has 2 saturated heterocycles. The lowest BCUT2D eigenvalue weighted by Crippen LogP contribution is -2.51. The van der Waals surface area contributed by atoms with E-state index in [1.807, 2.05) is 28.5 Å². The van der Waals surface area contributed by atoms with E-state index in [4.69, 9.17) is 9.90 Å². The molecule has 0 atom stereocenters. The van der Waals surface area contributed by atoms with E-state index in [9.17, 15) is 26.4 Å². The summed E-state index contributed by atoms with van der Waals surface area (Å²) in [5, 5.41) is 12.2. The molecule has 4 rings (SSSR count). The summed E-state index contributed by atoms with van der Waals surface area (Å²) in [4.78, 5) is 27.1. The Morgan fingerprint density at radius 1 is 1.03 bits per heavy atom. The minimum atomic E-state index is -5.08. The first-order valence-corrected chi connectivity index (χ1v) is 15.1. The Hall–Kier alpha value is -2.52. The van der Waals surface area contributed by atoms with Gasteiger partial charge in [0.15, 0.2) is 0 Å². The van der Waals surface area contributed by atoms with Gasteiger partial charge in [-0.15, -0.1) is 11.3 Å². The van der Waals surface area contributed by atoms with Crippen LogP contribution in [-0.4, -0.2) is 103 Å². The molecule has 2 aliphatic rings. The summed E-state index contributed by atoms with van der Waals surface area (Å²) in [6.45, 7) is 5.30. The molecule has 0 aliphatic carbocycles. The number of carboxylic acids is 1. The van der Waals surface area contributed by atoms with Gasteiger partial charge in [0, 0.05) is 58.4 Å². The average molecular weight is 591 g/mol. The van der Waals surface area contributed by atoms with Crippen molar-refractivity contribution in [2.45, 2.75) is 31.6 Å². The number of thiophene rings is 1. The molecule has 2 fully saturated rings. The molecular formula is C25H33F3N4O5S2. The molecule has 0 bridgehead atoms. The zero-order valence-corrected chi connectivity index (χ0v) is 23.0. The first-order valence-electron chi connectivity index (χ1n) is 12.6. The van der Waals surface area contributed by atoms with Gasteiger partial charge in [0.2, 0.25) is 10.0 Å². The van der Waals surface area contributed by atoms with E-state index in [-0.39, 0.29) is 24.2 Å². The molecule has 3 heterocycles. The van der Waals surface area contributed by atoms with Gasteiger partial charge in [0.1, 0.15) is 0 Å². The normalized spacial score (nSPS) is 17.7. The van der Waals surface area contributed by atoms with Crippen molar-refractivity contribution in [3.8, 4) is 0 Å². The molecule has 39 heavy (non-hydrogen) atoms. The Balaban J connectivity index is 0.000000532. The number of halogens is 3. The molecule has 1 aromatic carbocycles. The van der Waals surface area contributed by atoms with Crippen molar-refractivity contribution < 1.29 is 36.3 Å². The molecule has 216 valence electrons. The Bertz CT molecular complexity index is 1150. The third kappa shape index (κ3) is 9.57. The molecule has 1 aromatic heterocycles. The number of nitrogens with zero attached hydrogens (tertiary/aromatic N) is 3. The Kier molecular flexibility index (Phi) is 11.3.